The minimum absolute atomic E-state index is 1.11. The Kier molecular flexibility index (Phi) is 7.11. The Balaban J connectivity index is 1.11. The van der Waals surface area contributed by atoms with Crippen molar-refractivity contribution >= 4 is 91.7 Å². The van der Waals surface area contributed by atoms with E-state index in [9.17, 15) is 0 Å². The Bertz CT molecular complexity index is 3200. The van der Waals surface area contributed by atoms with Gasteiger partial charge in [-0.1, -0.05) is 146 Å². The van der Waals surface area contributed by atoms with E-state index in [0.29, 0.717) is 0 Å². The van der Waals surface area contributed by atoms with Crippen molar-refractivity contribution in [3.8, 4) is 22.3 Å². The van der Waals surface area contributed by atoms with Crippen LogP contribution in [-0.4, -0.2) is 0 Å². The lowest BCUT2D eigenvalue weighted by atomic mass is 9.90. The van der Waals surface area contributed by atoms with Gasteiger partial charge in [-0.3, -0.25) is 0 Å². The number of benzene rings is 10. The Morgan fingerprint density at radius 2 is 0.926 bits per heavy atom. The van der Waals surface area contributed by atoms with Crippen LogP contribution in [0.4, 0.5) is 17.1 Å². The maximum atomic E-state index is 2.41. The first-order valence-corrected chi connectivity index (χ1v) is 19.3. The fourth-order valence-electron chi connectivity index (χ4n) is 8.47. The predicted octanol–water partition coefficient (Wildman–Crippen LogP) is 15.5. The van der Waals surface area contributed by atoms with E-state index >= 15 is 0 Å². The number of fused-ring (bicyclic) bond motifs is 10. The topological polar surface area (TPSA) is 3.24 Å². The van der Waals surface area contributed by atoms with Gasteiger partial charge in [-0.05, 0) is 120 Å². The summed E-state index contributed by atoms with van der Waals surface area (Å²) in [6.45, 7) is 0. The molecule has 11 rings (SSSR count). The lowest BCUT2D eigenvalue weighted by Crippen LogP contribution is -2.10. The van der Waals surface area contributed by atoms with Gasteiger partial charge in [0.05, 0.1) is 0 Å². The molecule has 0 aliphatic rings. The number of rotatable bonds is 5. The fraction of sp³-hybridized carbons (Fsp3) is 0. The van der Waals surface area contributed by atoms with Gasteiger partial charge in [0, 0.05) is 37.2 Å². The zero-order valence-electron chi connectivity index (χ0n) is 29.4. The van der Waals surface area contributed by atoms with Crippen LogP contribution in [0.5, 0.6) is 0 Å². The van der Waals surface area contributed by atoms with Crippen LogP contribution in [0, 0.1) is 0 Å². The highest BCUT2D eigenvalue weighted by Crippen LogP contribution is 2.44. The van der Waals surface area contributed by atoms with Crippen molar-refractivity contribution in [2.45, 2.75) is 0 Å². The van der Waals surface area contributed by atoms with Crippen molar-refractivity contribution in [1.29, 1.82) is 0 Å². The zero-order valence-corrected chi connectivity index (χ0v) is 30.2. The quantitative estimate of drug-likeness (QED) is 0.161. The molecule has 0 aliphatic carbocycles. The molecule has 0 bridgehead atoms. The first-order chi connectivity index (χ1) is 26.8. The third kappa shape index (κ3) is 4.99. The van der Waals surface area contributed by atoms with E-state index in [-0.39, 0.29) is 0 Å². The summed E-state index contributed by atoms with van der Waals surface area (Å²) in [5.74, 6) is 0. The molecule has 11 aromatic rings. The number of anilines is 3. The smallest absolute Gasteiger partial charge is 0.0468 e. The van der Waals surface area contributed by atoms with E-state index < -0.39 is 0 Å². The van der Waals surface area contributed by atoms with Crippen molar-refractivity contribution in [2.24, 2.45) is 0 Å². The Hall–Kier alpha value is -6.74. The minimum Gasteiger partial charge on any atom is -0.310 e. The molecule has 0 saturated heterocycles. The highest BCUT2D eigenvalue weighted by molar-refractivity contribution is 7.26. The summed E-state index contributed by atoms with van der Waals surface area (Å²) in [5, 5.41) is 12.9. The van der Waals surface area contributed by atoms with Gasteiger partial charge in [0.1, 0.15) is 0 Å². The van der Waals surface area contributed by atoms with Gasteiger partial charge in [-0.2, -0.15) is 0 Å². The van der Waals surface area contributed by atoms with Crippen LogP contribution in [0.2, 0.25) is 0 Å². The minimum atomic E-state index is 1.11. The van der Waals surface area contributed by atoms with Crippen LogP contribution in [-0.2, 0) is 0 Å². The van der Waals surface area contributed by atoms with E-state index in [2.05, 4.69) is 205 Å². The molecule has 0 radical (unpaired) electrons. The molecule has 2 heteroatoms. The second kappa shape index (κ2) is 12.4. The maximum absolute atomic E-state index is 2.41. The molecule has 10 aromatic carbocycles. The first-order valence-electron chi connectivity index (χ1n) is 18.5. The van der Waals surface area contributed by atoms with Crippen molar-refractivity contribution in [2.75, 3.05) is 4.90 Å². The summed E-state index contributed by atoms with van der Waals surface area (Å²) < 4.78 is 2.64. The molecule has 0 atom stereocenters. The highest BCUT2D eigenvalue weighted by Gasteiger charge is 2.18. The van der Waals surface area contributed by atoms with Gasteiger partial charge < -0.3 is 4.90 Å². The lowest BCUT2D eigenvalue weighted by Gasteiger charge is -2.27. The molecule has 0 N–H and O–H groups in total. The van der Waals surface area contributed by atoms with Crippen LogP contribution in [0.15, 0.2) is 200 Å². The molecule has 0 amide bonds. The molecule has 0 spiro atoms. The van der Waals surface area contributed by atoms with E-state index in [1.807, 2.05) is 11.3 Å². The second-order valence-corrected chi connectivity index (χ2v) is 15.2. The average Bonchev–Trinajstić information content (AvgIpc) is 3.63. The molecular weight excluding hydrogens is 671 g/mol. The van der Waals surface area contributed by atoms with E-state index in [4.69, 9.17) is 0 Å². The first kappa shape index (κ1) is 30.8. The zero-order chi connectivity index (χ0) is 35.6. The number of thiophene rings is 1. The third-order valence-electron chi connectivity index (χ3n) is 11.0. The molecular formula is C52H33NS. The maximum Gasteiger partial charge on any atom is 0.0468 e. The summed E-state index contributed by atoms with van der Waals surface area (Å²) in [4.78, 5) is 2.41. The van der Waals surface area contributed by atoms with Gasteiger partial charge >= 0.3 is 0 Å². The van der Waals surface area contributed by atoms with Crippen LogP contribution < -0.4 is 4.90 Å². The molecule has 1 aromatic heterocycles. The SMILES string of the molecule is c1ccc(-c2cccc(N(c3ccc(-c4cc5ccccc5c5c4ccc4ccccc45)cc3)c3ccc4ccc5sc6ccccc6c5c4c3)c2)cc1. The number of hydrogen-bond donors (Lipinski definition) is 0. The Morgan fingerprint density at radius 1 is 0.296 bits per heavy atom. The van der Waals surface area contributed by atoms with Gasteiger partial charge in [-0.25, -0.2) is 0 Å². The standard InChI is InChI=1S/C52H33NS/c1-2-11-34(12-3-1)38-15-10-16-41(31-38)53(42-28-23-37-25-30-50-52(48(37)33-42)46-19-8-9-20-49(46)54-50)40-26-21-36(22-27-40)47-32-39-14-5-7-18-44(39)51-43-17-6-4-13-35(43)24-29-45(47)51/h1-33H. The molecule has 0 fully saturated rings. The summed E-state index contributed by atoms with van der Waals surface area (Å²) >= 11 is 1.87. The molecule has 0 aliphatic heterocycles. The van der Waals surface area contributed by atoms with Crippen molar-refractivity contribution < 1.29 is 0 Å². The lowest BCUT2D eigenvalue weighted by molar-refractivity contribution is 1.29. The van der Waals surface area contributed by atoms with Crippen LogP contribution in [0.3, 0.4) is 0 Å². The average molecular weight is 704 g/mol. The van der Waals surface area contributed by atoms with Crippen LogP contribution in [0.25, 0.3) is 85.5 Å². The van der Waals surface area contributed by atoms with Crippen LogP contribution >= 0.6 is 11.3 Å². The normalized spacial score (nSPS) is 11.7. The Morgan fingerprint density at radius 3 is 1.78 bits per heavy atom. The summed E-state index contributed by atoms with van der Waals surface area (Å²) in [6, 6.07) is 73.5. The van der Waals surface area contributed by atoms with E-state index in [1.165, 1.54) is 85.5 Å². The summed E-state index contributed by atoms with van der Waals surface area (Å²) in [7, 11) is 0. The van der Waals surface area contributed by atoms with Crippen molar-refractivity contribution in [3.63, 3.8) is 0 Å². The molecule has 54 heavy (non-hydrogen) atoms. The van der Waals surface area contributed by atoms with Gasteiger partial charge in [0.25, 0.3) is 0 Å². The van der Waals surface area contributed by atoms with Crippen molar-refractivity contribution in [3.05, 3.63) is 200 Å². The van der Waals surface area contributed by atoms with Gasteiger partial charge in [-0.15, -0.1) is 11.3 Å². The van der Waals surface area contributed by atoms with Crippen LogP contribution in [0.1, 0.15) is 0 Å². The molecule has 252 valence electrons. The Labute approximate surface area is 317 Å². The summed E-state index contributed by atoms with van der Waals surface area (Å²) in [6.07, 6.45) is 0. The second-order valence-electron chi connectivity index (χ2n) is 14.1. The fourth-order valence-corrected chi connectivity index (χ4v) is 9.59. The largest absolute Gasteiger partial charge is 0.310 e. The summed E-state index contributed by atoms with van der Waals surface area (Å²) in [5.41, 5.74) is 8.20. The van der Waals surface area contributed by atoms with E-state index in [0.717, 1.165) is 17.1 Å². The van der Waals surface area contributed by atoms with Gasteiger partial charge in [0.2, 0.25) is 0 Å². The molecule has 1 nitrogen and oxygen atoms in total. The molecule has 1 heterocycles. The predicted molar refractivity (Wildman–Crippen MR) is 235 cm³/mol. The monoisotopic (exact) mass is 703 g/mol. The molecule has 0 unspecified atom stereocenters. The number of nitrogens with zero attached hydrogens (tertiary/aromatic N) is 1. The highest BCUT2D eigenvalue weighted by atomic mass is 32.1. The number of hydrogen-bond acceptors (Lipinski definition) is 2. The van der Waals surface area contributed by atoms with E-state index in [1.54, 1.807) is 0 Å². The third-order valence-corrected chi connectivity index (χ3v) is 12.1. The van der Waals surface area contributed by atoms with Gasteiger partial charge in [0.15, 0.2) is 0 Å². The molecule has 0 saturated carbocycles. The van der Waals surface area contributed by atoms with Crippen molar-refractivity contribution in [1.82, 2.24) is 0 Å².